The number of hydrogen-bond donors (Lipinski definition) is 2. The normalized spacial score (nSPS) is 25.1. The second-order valence-electron chi connectivity index (χ2n) is 3.92. The molecule has 0 saturated carbocycles. The highest BCUT2D eigenvalue weighted by atomic mass is 32.2. The van der Waals surface area contributed by atoms with E-state index in [0.717, 1.165) is 36.0 Å². The molecule has 1 aliphatic rings. The van der Waals surface area contributed by atoms with E-state index in [9.17, 15) is 4.21 Å². The predicted octanol–water partition coefficient (Wildman–Crippen LogP) is 1.45. The van der Waals surface area contributed by atoms with E-state index >= 15 is 0 Å². The first kappa shape index (κ1) is 11.4. The SMILES string of the molecule is CNc1cccc(NC2CCS(=O)CC2)n1. The summed E-state index contributed by atoms with van der Waals surface area (Å²) < 4.78 is 11.2. The summed E-state index contributed by atoms with van der Waals surface area (Å²) in [4.78, 5) is 4.41. The van der Waals surface area contributed by atoms with Crippen molar-refractivity contribution in [3.8, 4) is 0 Å². The van der Waals surface area contributed by atoms with Crippen LogP contribution < -0.4 is 10.6 Å². The van der Waals surface area contributed by atoms with E-state index < -0.39 is 10.8 Å². The Balaban J connectivity index is 1.95. The molecule has 0 atom stereocenters. The first-order chi connectivity index (χ1) is 7.78. The summed E-state index contributed by atoms with van der Waals surface area (Å²) in [5.74, 6) is 3.38. The molecule has 5 heteroatoms. The smallest absolute Gasteiger partial charge is 0.128 e. The van der Waals surface area contributed by atoms with Crippen LogP contribution in [0.15, 0.2) is 18.2 Å². The van der Waals surface area contributed by atoms with Crippen LogP contribution in [0.3, 0.4) is 0 Å². The summed E-state index contributed by atoms with van der Waals surface area (Å²) in [7, 11) is 1.26. The van der Waals surface area contributed by atoms with Gasteiger partial charge in [0.25, 0.3) is 0 Å². The van der Waals surface area contributed by atoms with Gasteiger partial charge in [-0.1, -0.05) is 6.07 Å². The van der Waals surface area contributed by atoms with Crippen molar-refractivity contribution in [3.05, 3.63) is 18.2 Å². The highest BCUT2D eigenvalue weighted by Gasteiger charge is 2.17. The minimum Gasteiger partial charge on any atom is -0.373 e. The third-order valence-electron chi connectivity index (χ3n) is 2.75. The number of rotatable bonds is 3. The predicted molar refractivity (Wildman–Crippen MR) is 68.3 cm³/mol. The van der Waals surface area contributed by atoms with Crippen LogP contribution in [0.1, 0.15) is 12.8 Å². The van der Waals surface area contributed by atoms with Crippen LogP contribution in [0.25, 0.3) is 0 Å². The number of nitrogens with one attached hydrogen (secondary N) is 2. The molecule has 1 aromatic heterocycles. The zero-order valence-electron chi connectivity index (χ0n) is 9.40. The summed E-state index contributed by atoms with van der Waals surface area (Å²) >= 11 is 0. The number of anilines is 2. The van der Waals surface area contributed by atoms with Crippen molar-refractivity contribution >= 4 is 22.4 Å². The molecule has 0 spiro atoms. The maximum atomic E-state index is 11.2. The van der Waals surface area contributed by atoms with Gasteiger partial charge in [-0.3, -0.25) is 4.21 Å². The molecular weight excluding hydrogens is 222 g/mol. The lowest BCUT2D eigenvalue weighted by atomic mass is 10.1. The molecular formula is C11H17N3OS. The fourth-order valence-corrected chi connectivity index (χ4v) is 3.10. The molecule has 2 N–H and O–H groups in total. The van der Waals surface area contributed by atoms with Crippen molar-refractivity contribution in [1.29, 1.82) is 0 Å². The quantitative estimate of drug-likeness (QED) is 0.838. The molecule has 88 valence electrons. The van der Waals surface area contributed by atoms with Gasteiger partial charge in [-0.25, -0.2) is 4.98 Å². The molecule has 0 radical (unpaired) electrons. The van der Waals surface area contributed by atoms with Crippen molar-refractivity contribution in [2.24, 2.45) is 0 Å². The van der Waals surface area contributed by atoms with E-state index in [2.05, 4.69) is 15.6 Å². The molecule has 4 nitrogen and oxygen atoms in total. The van der Waals surface area contributed by atoms with Crippen LogP contribution in [-0.4, -0.2) is 33.8 Å². The Bertz CT molecular complexity index is 373. The fourth-order valence-electron chi connectivity index (χ4n) is 1.80. The molecule has 0 aromatic carbocycles. The van der Waals surface area contributed by atoms with Gasteiger partial charge >= 0.3 is 0 Å². The largest absolute Gasteiger partial charge is 0.373 e. The van der Waals surface area contributed by atoms with Gasteiger partial charge in [-0.05, 0) is 25.0 Å². The van der Waals surface area contributed by atoms with Crippen molar-refractivity contribution in [3.63, 3.8) is 0 Å². The average molecular weight is 239 g/mol. The third kappa shape index (κ3) is 2.95. The van der Waals surface area contributed by atoms with Crippen molar-refractivity contribution in [1.82, 2.24) is 4.98 Å². The van der Waals surface area contributed by atoms with E-state index in [1.165, 1.54) is 0 Å². The molecule has 0 amide bonds. The van der Waals surface area contributed by atoms with Gasteiger partial charge in [-0.15, -0.1) is 0 Å². The van der Waals surface area contributed by atoms with Crippen LogP contribution in [0.4, 0.5) is 11.6 Å². The standard InChI is InChI=1S/C11H17N3OS/c1-12-10-3-2-4-11(14-10)13-9-5-7-16(15)8-6-9/h2-4,9H,5-8H2,1H3,(H2,12,13,14). The Morgan fingerprint density at radius 2 is 2.00 bits per heavy atom. The highest BCUT2D eigenvalue weighted by molar-refractivity contribution is 7.85. The first-order valence-corrected chi connectivity index (χ1v) is 7.03. The van der Waals surface area contributed by atoms with Gasteiger partial charge < -0.3 is 10.6 Å². The average Bonchev–Trinajstić information content (AvgIpc) is 2.32. The van der Waals surface area contributed by atoms with E-state index in [1.54, 1.807) is 0 Å². The highest BCUT2D eigenvalue weighted by Crippen LogP contribution is 2.16. The van der Waals surface area contributed by atoms with Crippen molar-refractivity contribution in [2.75, 3.05) is 29.2 Å². The molecule has 1 aromatic rings. The van der Waals surface area contributed by atoms with Gasteiger partial charge in [0.2, 0.25) is 0 Å². The summed E-state index contributed by atoms with van der Waals surface area (Å²) in [6.07, 6.45) is 1.94. The number of pyridine rings is 1. The van der Waals surface area contributed by atoms with E-state index in [4.69, 9.17) is 0 Å². The number of nitrogens with zero attached hydrogens (tertiary/aromatic N) is 1. The molecule has 2 rings (SSSR count). The molecule has 1 fully saturated rings. The molecule has 1 aliphatic heterocycles. The van der Waals surface area contributed by atoms with Crippen LogP contribution in [0.5, 0.6) is 0 Å². The van der Waals surface area contributed by atoms with Gasteiger partial charge in [-0.2, -0.15) is 0 Å². The maximum absolute atomic E-state index is 11.2. The van der Waals surface area contributed by atoms with Gasteiger partial charge in [0.1, 0.15) is 11.6 Å². The molecule has 1 saturated heterocycles. The van der Waals surface area contributed by atoms with Gasteiger partial charge in [0.05, 0.1) is 0 Å². The summed E-state index contributed by atoms with van der Waals surface area (Å²) in [5.41, 5.74) is 0. The van der Waals surface area contributed by atoms with E-state index in [0.29, 0.717) is 6.04 Å². The van der Waals surface area contributed by atoms with Crippen LogP contribution in [0.2, 0.25) is 0 Å². The topological polar surface area (TPSA) is 54.0 Å². The minimum absolute atomic E-state index is 0.414. The fraction of sp³-hybridized carbons (Fsp3) is 0.545. The third-order valence-corrected chi connectivity index (χ3v) is 4.13. The lowest BCUT2D eigenvalue weighted by Crippen LogP contribution is -2.29. The second kappa shape index (κ2) is 5.30. The molecule has 16 heavy (non-hydrogen) atoms. The maximum Gasteiger partial charge on any atom is 0.128 e. The molecule has 2 heterocycles. The zero-order chi connectivity index (χ0) is 11.4. The molecule has 0 aliphatic carbocycles. The lowest BCUT2D eigenvalue weighted by molar-refractivity contribution is 0.622. The first-order valence-electron chi connectivity index (χ1n) is 5.54. The Morgan fingerprint density at radius 1 is 1.31 bits per heavy atom. The number of aromatic nitrogens is 1. The zero-order valence-corrected chi connectivity index (χ0v) is 10.2. The Kier molecular flexibility index (Phi) is 3.77. The van der Waals surface area contributed by atoms with Crippen molar-refractivity contribution < 1.29 is 4.21 Å². The summed E-state index contributed by atoms with van der Waals surface area (Å²) in [5, 5.41) is 6.40. The molecule has 0 unspecified atom stereocenters. The molecule has 0 bridgehead atoms. The minimum atomic E-state index is -0.598. The van der Waals surface area contributed by atoms with E-state index in [-0.39, 0.29) is 0 Å². The van der Waals surface area contributed by atoms with Gasteiger partial charge in [0.15, 0.2) is 0 Å². The second-order valence-corrected chi connectivity index (χ2v) is 5.62. The Hall–Kier alpha value is -1.10. The van der Waals surface area contributed by atoms with Gasteiger partial charge in [0, 0.05) is 35.4 Å². The lowest BCUT2D eigenvalue weighted by Gasteiger charge is -2.23. The Labute approximate surface area is 98.3 Å². The number of hydrogen-bond acceptors (Lipinski definition) is 4. The summed E-state index contributed by atoms with van der Waals surface area (Å²) in [6, 6.07) is 6.28. The van der Waals surface area contributed by atoms with Crippen LogP contribution in [-0.2, 0) is 10.8 Å². The van der Waals surface area contributed by atoms with Crippen molar-refractivity contribution in [2.45, 2.75) is 18.9 Å². The summed E-state index contributed by atoms with van der Waals surface area (Å²) in [6.45, 7) is 0. The van der Waals surface area contributed by atoms with Crippen LogP contribution >= 0.6 is 0 Å². The monoisotopic (exact) mass is 239 g/mol. The van der Waals surface area contributed by atoms with Crippen LogP contribution in [0, 0.1) is 0 Å². The van der Waals surface area contributed by atoms with E-state index in [1.807, 2.05) is 25.2 Å². The Morgan fingerprint density at radius 3 is 2.69 bits per heavy atom.